The molecule has 0 aliphatic heterocycles. The number of hydrogen-bond donors (Lipinski definition) is 2. The van der Waals surface area contributed by atoms with Crippen molar-refractivity contribution in [2.75, 3.05) is 0 Å². The predicted octanol–water partition coefficient (Wildman–Crippen LogP) is 3.31. The van der Waals surface area contributed by atoms with Crippen molar-refractivity contribution in [3.05, 3.63) is 56.7 Å². The van der Waals surface area contributed by atoms with Gasteiger partial charge in [0, 0.05) is 5.38 Å². The Hall–Kier alpha value is -2.34. The Morgan fingerprint density at radius 1 is 1.32 bits per heavy atom. The second-order valence-electron chi connectivity index (χ2n) is 5.48. The topological polar surface area (TPSA) is 75.1 Å². The molecule has 114 valence electrons. The molecule has 1 atom stereocenters. The van der Waals surface area contributed by atoms with Crippen molar-refractivity contribution in [2.24, 2.45) is 5.92 Å². The first kappa shape index (κ1) is 14.6. The number of hydrogen-bond acceptors (Lipinski definition) is 4. The van der Waals surface area contributed by atoms with Crippen molar-refractivity contribution >= 4 is 28.3 Å². The predicted molar refractivity (Wildman–Crippen MR) is 86.2 cm³/mol. The van der Waals surface area contributed by atoms with Gasteiger partial charge in [-0.15, -0.1) is 0 Å². The Morgan fingerprint density at radius 2 is 2.14 bits per heavy atom. The molecule has 0 radical (unpaired) electrons. The molecule has 0 aliphatic carbocycles. The monoisotopic (exact) mass is 316 g/mol. The third-order valence-electron chi connectivity index (χ3n) is 3.54. The number of H-pyrrole nitrogens is 1. The average molecular weight is 316 g/mol. The Kier molecular flexibility index (Phi) is 3.85. The average Bonchev–Trinajstić information content (AvgIpc) is 3.11. The van der Waals surface area contributed by atoms with Gasteiger partial charge < -0.3 is 9.73 Å². The number of amides is 1. The molecular formula is C16H16N2O3S. The van der Waals surface area contributed by atoms with E-state index in [9.17, 15) is 9.59 Å². The lowest BCUT2D eigenvalue weighted by atomic mass is 9.95. The zero-order valence-corrected chi connectivity index (χ0v) is 13.1. The normalized spacial score (nSPS) is 12.7. The van der Waals surface area contributed by atoms with Crippen molar-refractivity contribution in [1.82, 2.24) is 10.3 Å². The second kappa shape index (κ2) is 5.81. The van der Waals surface area contributed by atoms with Crippen molar-refractivity contribution < 1.29 is 9.21 Å². The molecule has 1 aromatic carbocycles. The summed E-state index contributed by atoms with van der Waals surface area (Å²) in [5.74, 6) is -0.378. The Labute approximate surface area is 131 Å². The van der Waals surface area contributed by atoms with Crippen LogP contribution in [-0.2, 0) is 0 Å². The van der Waals surface area contributed by atoms with E-state index in [0.29, 0.717) is 16.7 Å². The summed E-state index contributed by atoms with van der Waals surface area (Å²) < 4.78 is 5.09. The van der Waals surface area contributed by atoms with E-state index in [0.717, 1.165) is 5.56 Å². The van der Waals surface area contributed by atoms with Crippen LogP contribution in [0, 0.1) is 5.92 Å². The lowest BCUT2D eigenvalue weighted by molar-refractivity contribution is 0.0926. The van der Waals surface area contributed by atoms with E-state index in [1.54, 1.807) is 18.2 Å². The summed E-state index contributed by atoms with van der Waals surface area (Å²) in [6.07, 6.45) is 0. The van der Waals surface area contributed by atoms with Crippen LogP contribution < -0.4 is 11.1 Å². The second-order valence-corrected chi connectivity index (χ2v) is 6.26. The number of fused-ring (bicyclic) bond motifs is 1. The van der Waals surface area contributed by atoms with Crippen LogP contribution in [0.1, 0.15) is 35.8 Å². The maximum absolute atomic E-state index is 12.3. The molecule has 22 heavy (non-hydrogen) atoms. The van der Waals surface area contributed by atoms with E-state index >= 15 is 0 Å². The molecule has 1 unspecified atom stereocenters. The summed E-state index contributed by atoms with van der Waals surface area (Å²) in [5.41, 5.74) is 2.72. The minimum atomic E-state index is -0.476. The minimum Gasteiger partial charge on any atom is -0.408 e. The van der Waals surface area contributed by atoms with Crippen LogP contribution in [0.5, 0.6) is 0 Å². The van der Waals surface area contributed by atoms with Gasteiger partial charge in [0.25, 0.3) is 5.91 Å². The van der Waals surface area contributed by atoms with Gasteiger partial charge in [-0.25, -0.2) is 4.79 Å². The molecular weight excluding hydrogens is 300 g/mol. The quantitative estimate of drug-likeness (QED) is 0.775. The molecule has 2 aromatic heterocycles. The van der Waals surface area contributed by atoms with Gasteiger partial charge in [-0.1, -0.05) is 19.9 Å². The largest absolute Gasteiger partial charge is 0.417 e. The number of aromatic nitrogens is 1. The Morgan fingerprint density at radius 3 is 2.82 bits per heavy atom. The highest BCUT2D eigenvalue weighted by Gasteiger charge is 2.20. The van der Waals surface area contributed by atoms with E-state index in [4.69, 9.17) is 4.42 Å². The third kappa shape index (κ3) is 2.82. The molecule has 3 aromatic rings. The third-order valence-corrected chi connectivity index (χ3v) is 4.22. The number of thiophene rings is 1. The van der Waals surface area contributed by atoms with Crippen molar-refractivity contribution in [1.29, 1.82) is 0 Å². The molecule has 0 bridgehead atoms. The molecule has 0 saturated carbocycles. The summed E-state index contributed by atoms with van der Waals surface area (Å²) in [6.45, 7) is 4.08. The van der Waals surface area contributed by atoms with Gasteiger partial charge in [-0.2, -0.15) is 11.3 Å². The first-order valence-electron chi connectivity index (χ1n) is 7.00. The van der Waals surface area contributed by atoms with Crippen LogP contribution in [-0.4, -0.2) is 10.9 Å². The fraction of sp³-hybridized carbons (Fsp3) is 0.250. The molecule has 2 N–H and O–H groups in total. The van der Waals surface area contributed by atoms with E-state index in [2.05, 4.69) is 10.3 Å². The maximum atomic E-state index is 12.3. The molecule has 0 spiro atoms. The highest BCUT2D eigenvalue weighted by atomic mass is 32.1. The van der Waals surface area contributed by atoms with Crippen molar-refractivity contribution in [2.45, 2.75) is 19.9 Å². The summed E-state index contributed by atoms with van der Waals surface area (Å²) in [7, 11) is 0. The van der Waals surface area contributed by atoms with Crippen LogP contribution in [0.2, 0.25) is 0 Å². The first-order valence-corrected chi connectivity index (χ1v) is 7.94. The minimum absolute atomic E-state index is 0.101. The lowest BCUT2D eigenvalue weighted by Gasteiger charge is -2.22. The van der Waals surface area contributed by atoms with E-state index in [1.807, 2.05) is 30.7 Å². The van der Waals surface area contributed by atoms with Crippen molar-refractivity contribution in [3.63, 3.8) is 0 Å². The van der Waals surface area contributed by atoms with Gasteiger partial charge in [0.15, 0.2) is 5.58 Å². The van der Waals surface area contributed by atoms with Gasteiger partial charge in [0.1, 0.15) is 0 Å². The molecule has 1 amide bonds. The van der Waals surface area contributed by atoms with E-state index < -0.39 is 5.76 Å². The smallest absolute Gasteiger partial charge is 0.408 e. The zero-order chi connectivity index (χ0) is 15.7. The maximum Gasteiger partial charge on any atom is 0.417 e. The highest BCUT2D eigenvalue weighted by molar-refractivity contribution is 7.08. The number of carbonyl (C=O) groups is 1. The fourth-order valence-corrected chi connectivity index (χ4v) is 3.04. The number of oxazole rings is 1. The number of nitrogens with one attached hydrogen (secondary N) is 2. The summed E-state index contributed by atoms with van der Waals surface area (Å²) in [5, 5.41) is 6.74. The Balaban J connectivity index is 1.92. The number of rotatable bonds is 4. The Bertz CT molecular complexity index is 846. The van der Waals surface area contributed by atoms with E-state index in [-0.39, 0.29) is 17.9 Å². The van der Waals surface area contributed by atoms with Gasteiger partial charge in [0.05, 0.1) is 17.1 Å². The molecule has 6 heteroatoms. The van der Waals surface area contributed by atoms with Crippen LogP contribution in [0.25, 0.3) is 11.1 Å². The van der Waals surface area contributed by atoms with Crippen LogP contribution in [0.4, 0.5) is 0 Å². The summed E-state index contributed by atoms with van der Waals surface area (Å²) in [4.78, 5) is 26.1. The standard InChI is InChI=1S/C16H16N2O3S/c1-9(2)14(18-15(19)11-5-6-22-8-11)10-3-4-12-13(7-10)21-16(20)17-12/h3-9,14H,1-2H3,(H,17,20)(H,18,19). The SMILES string of the molecule is CC(C)C(NC(=O)c1ccsc1)c1ccc2[nH]c(=O)oc2c1. The molecule has 2 heterocycles. The highest BCUT2D eigenvalue weighted by Crippen LogP contribution is 2.25. The fourth-order valence-electron chi connectivity index (χ4n) is 2.41. The van der Waals surface area contributed by atoms with Crippen LogP contribution in [0.15, 0.2) is 44.2 Å². The number of benzene rings is 1. The number of carbonyl (C=O) groups excluding carboxylic acids is 1. The van der Waals surface area contributed by atoms with Gasteiger partial charge in [-0.05, 0) is 35.1 Å². The van der Waals surface area contributed by atoms with E-state index in [1.165, 1.54) is 11.3 Å². The molecule has 0 aliphatic rings. The number of aromatic amines is 1. The van der Waals surface area contributed by atoms with Crippen molar-refractivity contribution in [3.8, 4) is 0 Å². The van der Waals surface area contributed by atoms with Gasteiger partial charge in [0.2, 0.25) is 0 Å². The molecule has 3 rings (SSSR count). The van der Waals surface area contributed by atoms with Gasteiger partial charge in [-0.3, -0.25) is 9.78 Å². The summed E-state index contributed by atoms with van der Waals surface area (Å²) in [6, 6.07) is 7.13. The first-order chi connectivity index (χ1) is 10.5. The molecule has 0 saturated heterocycles. The zero-order valence-electron chi connectivity index (χ0n) is 12.3. The van der Waals surface area contributed by atoms with Crippen LogP contribution >= 0.6 is 11.3 Å². The summed E-state index contributed by atoms with van der Waals surface area (Å²) >= 11 is 1.49. The molecule has 5 nitrogen and oxygen atoms in total. The van der Waals surface area contributed by atoms with Gasteiger partial charge >= 0.3 is 5.76 Å². The van der Waals surface area contributed by atoms with Crippen LogP contribution in [0.3, 0.4) is 0 Å². The lowest BCUT2D eigenvalue weighted by Crippen LogP contribution is -2.31. The molecule has 0 fully saturated rings.